The highest BCUT2D eigenvalue weighted by atomic mass is 16.2. The summed E-state index contributed by atoms with van der Waals surface area (Å²) in [5.41, 5.74) is 3.04. The van der Waals surface area contributed by atoms with Gasteiger partial charge in [-0.3, -0.25) is 9.59 Å². The van der Waals surface area contributed by atoms with Crippen LogP contribution in [0, 0.1) is 11.8 Å². The molecule has 2 aliphatic rings. The number of anilines is 2. The van der Waals surface area contributed by atoms with E-state index in [4.69, 9.17) is 0 Å². The molecule has 130 valence electrons. The second-order valence-electron chi connectivity index (χ2n) is 7.42. The van der Waals surface area contributed by atoms with Crippen molar-refractivity contribution in [3.8, 4) is 0 Å². The van der Waals surface area contributed by atoms with Crippen molar-refractivity contribution in [3.63, 3.8) is 0 Å². The summed E-state index contributed by atoms with van der Waals surface area (Å²) >= 11 is 0. The number of benzene rings is 1. The number of nitrogens with one attached hydrogen (secondary N) is 1. The minimum atomic E-state index is 0.00151. The second kappa shape index (κ2) is 7.37. The molecule has 1 aromatic carbocycles. The molecule has 1 N–H and O–H groups in total. The lowest BCUT2D eigenvalue weighted by molar-refractivity contribution is -0.122. The first kappa shape index (κ1) is 17.0. The number of rotatable bonds is 3. The van der Waals surface area contributed by atoms with E-state index in [9.17, 15) is 9.59 Å². The number of nitrogens with zero attached hydrogens (tertiary/aromatic N) is 1. The van der Waals surface area contributed by atoms with Crippen LogP contribution in [0.15, 0.2) is 18.2 Å². The number of amides is 2. The number of hydrogen-bond acceptors (Lipinski definition) is 2. The van der Waals surface area contributed by atoms with Crippen molar-refractivity contribution in [2.75, 3.05) is 16.8 Å². The fourth-order valence-corrected chi connectivity index (χ4v) is 3.82. The van der Waals surface area contributed by atoms with Crippen LogP contribution in [-0.4, -0.2) is 18.4 Å². The molecule has 1 aliphatic heterocycles. The summed E-state index contributed by atoms with van der Waals surface area (Å²) in [7, 11) is 0. The molecular formula is C20H28N2O2. The highest BCUT2D eigenvalue weighted by Gasteiger charge is 2.25. The van der Waals surface area contributed by atoms with E-state index in [1.165, 1.54) is 6.42 Å². The van der Waals surface area contributed by atoms with Gasteiger partial charge in [-0.25, -0.2) is 0 Å². The van der Waals surface area contributed by atoms with Crippen LogP contribution < -0.4 is 10.2 Å². The van der Waals surface area contributed by atoms with Crippen LogP contribution in [0.25, 0.3) is 0 Å². The Morgan fingerprint density at radius 1 is 1.12 bits per heavy atom. The molecule has 0 radical (unpaired) electrons. The average molecular weight is 328 g/mol. The van der Waals surface area contributed by atoms with Gasteiger partial charge in [-0.15, -0.1) is 0 Å². The third-order valence-electron chi connectivity index (χ3n) is 5.20. The molecule has 0 atom stereocenters. The standard InChI is InChI=1S/C20H28N2O2/c1-14(2)20(24)22-12-6-9-16-13-17(10-11-18(16)22)21-19(23)15-7-4-3-5-8-15/h10-11,13-15H,3-9,12H2,1-2H3,(H,21,23). The Labute approximate surface area is 144 Å². The SMILES string of the molecule is CC(C)C(=O)N1CCCc2cc(NC(=O)C3CCCCC3)ccc21. The largest absolute Gasteiger partial charge is 0.326 e. The molecule has 0 unspecified atom stereocenters. The maximum Gasteiger partial charge on any atom is 0.229 e. The molecule has 1 aromatic rings. The number of fused-ring (bicyclic) bond motifs is 1. The van der Waals surface area contributed by atoms with Gasteiger partial charge in [0.1, 0.15) is 0 Å². The molecule has 0 spiro atoms. The van der Waals surface area contributed by atoms with Crippen molar-refractivity contribution in [1.82, 2.24) is 0 Å². The highest BCUT2D eigenvalue weighted by Crippen LogP contribution is 2.31. The third-order valence-corrected chi connectivity index (χ3v) is 5.20. The molecule has 2 amide bonds. The molecule has 24 heavy (non-hydrogen) atoms. The van der Waals surface area contributed by atoms with Crippen molar-refractivity contribution in [1.29, 1.82) is 0 Å². The molecule has 3 rings (SSSR count). The predicted molar refractivity (Wildman–Crippen MR) is 97.2 cm³/mol. The number of aryl methyl sites for hydroxylation is 1. The van der Waals surface area contributed by atoms with Crippen molar-refractivity contribution in [3.05, 3.63) is 23.8 Å². The molecule has 4 nitrogen and oxygen atoms in total. The fraction of sp³-hybridized carbons (Fsp3) is 0.600. The van der Waals surface area contributed by atoms with Gasteiger partial charge in [0, 0.05) is 29.8 Å². The predicted octanol–water partition coefficient (Wildman–Crippen LogP) is 4.14. The van der Waals surface area contributed by atoms with Gasteiger partial charge >= 0.3 is 0 Å². The van der Waals surface area contributed by atoms with Gasteiger partial charge in [0.05, 0.1) is 0 Å². The lowest BCUT2D eigenvalue weighted by atomic mass is 9.88. The summed E-state index contributed by atoms with van der Waals surface area (Å²) in [4.78, 5) is 26.7. The third kappa shape index (κ3) is 3.63. The number of hydrogen-bond donors (Lipinski definition) is 1. The molecule has 1 fully saturated rings. The molecule has 0 bridgehead atoms. The Morgan fingerprint density at radius 3 is 2.58 bits per heavy atom. The Hall–Kier alpha value is -1.84. The van der Waals surface area contributed by atoms with Crippen LogP contribution in [0.4, 0.5) is 11.4 Å². The summed E-state index contributed by atoms with van der Waals surface area (Å²) in [5.74, 6) is 0.492. The Bertz CT molecular complexity index is 618. The second-order valence-corrected chi connectivity index (χ2v) is 7.42. The van der Waals surface area contributed by atoms with Gasteiger partial charge in [0.25, 0.3) is 0 Å². The summed E-state index contributed by atoms with van der Waals surface area (Å²) in [6, 6.07) is 5.98. The van der Waals surface area contributed by atoms with Gasteiger partial charge in [-0.05, 0) is 49.4 Å². The summed E-state index contributed by atoms with van der Waals surface area (Å²) in [6.07, 6.45) is 7.53. The molecule has 1 aliphatic carbocycles. The maximum absolute atomic E-state index is 12.4. The number of carbonyl (C=O) groups is 2. The van der Waals surface area contributed by atoms with E-state index in [-0.39, 0.29) is 23.7 Å². The topological polar surface area (TPSA) is 49.4 Å². The number of carbonyl (C=O) groups excluding carboxylic acids is 2. The quantitative estimate of drug-likeness (QED) is 0.906. The van der Waals surface area contributed by atoms with E-state index >= 15 is 0 Å². The van der Waals surface area contributed by atoms with E-state index in [1.54, 1.807) is 0 Å². The first-order chi connectivity index (χ1) is 11.6. The van der Waals surface area contributed by atoms with Crippen LogP contribution in [0.3, 0.4) is 0 Å². The van der Waals surface area contributed by atoms with Crippen LogP contribution in [0.2, 0.25) is 0 Å². The van der Waals surface area contributed by atoms with Crippen LogP contribution in [-0.2, 0) is 16.0 Å². The molecule has 1 heterocycles. The van der Waals surface area contributed by atoms with Gasteiger partial charge in [-0.1, -0.05) is 33.1 Å². The van der Waals surface area contributed by atoms with E-state index in [0.29, 0.717) is 0 Å². The zero-order chi connectivity index (χ0) is 17.1. The summed E-state index contributed by atoms with van der Waals surface area (Å²) in [6.45, 7) is 4.67. The average Bonchev–Trinajstić information content (AvgIpc) is 2.61. The van der Waals surface area contributed by atoms with E-state index in [0.717, 1.165) is 62.0 Å². The molecule has 1 saturated carbocycles. The molecule has 4 heteroatoms. The van der Waals surface area contributed by atoms with Crippen molar-refractivity contribution >= 4 is 23.2 Å². The minimum absolute atomic E-state index is 0.00151. The van der Waals surface area contributed by atoms with E-state index in [2.05, 4.69) is 11.4 Å². The lowest BCUT2D eigenvalue weighted by Crippen LogP contribution is -2.38. The minimum Gasteiger partial charge on any atom is -0.326 e. The fourth-order valence-electron chi connectivity index (χ4n) is 3.82. The molecular weight excluding hydrogens is 300 g/mol. The van der Waals surface area contributed by atoms with Gasteiger partial charge < -0.3 is 10.2 Å². The first-order valence-corrected chi connectivity index (χ1v) is 9.31. The summed E-state index contributed by atoms with van der Waals surface area (Å²) in [5, 5.41) is 3.09. The van der Waals surface area contributed by atoms with Gasteiger partial charge in [0.15, 0.2) is 0 Å². The van der Waals surface area contributed by atoms with Crippen molar-refractivity contribution < 1.29 is 9.59 Å². The molecule has 0 saturated heterocycles. The van der Waals surface area contributed by atoms with Crippen LogP contribution >= 0.6 is 0 Å². The normalized spacial score (nSPS) is 18.4. The van der Waals surface area contributed by atoms with Crippen molar-refractivity contribution in [2.24, 2.45) is 11.8 Å². The Kier molecular flexibility index (Phi) is 5.22. The zero-order valence-corrected chi connectivity index (χ0v) is 14.8. The monoisotopic (exact) mass is 328 g/mol. The van der Waals surface area contributed by atoms with Gasteiger partial charge in [-0.2, -0.15) is 0 Å². The zero-order valence-electron chi connectivity index (χ0n) is 14.8. The first-order valence-electron chi connectivity index (χ1n) is 9.31. The highest BCUT2D eigenvalue weighted by molar-refractivity contribution is 5.97. The Balaban J connectivity index is 1.73. The van der Waals surface area contributed by atoms with E-state index in [1.807, 2.05) is 30.9 Å². The summed E-state index contributed by atoms with van der Waals surface area (Å²) < 4.78 is 0. The van der Waals surface area contributed by atoms with Crippen LogP contribution in [0.1, 0.15) is 57.9 Å². The van der Waals surface area contributed by atoms with Crippen LogP contribution in [0.5, 0.6) is 0 Å². The van der Waals surface area contributed by atoms with Gasteiger partial charge in [0.2, 0.25) is 11.8 Å². The van der Waals surface area contributed by atoms with E-state index < -0.39 is 0 Å². The lowest BCUT2D eigenvalue weighted by Gasteiger charge is -2.31. The maximum atomic E-state index is 12.4. The Morgan fingerprint density at radius 2 is 1.88 bits per heavy atom. The molecule has 0 aromatic heterocycles. The van der Waals surface area contributed by atoms with Crippen molar-refractivity contribution in [2.45, 2.75) is 58.8 Å². The smallest absolute Gasteiger partial charge is 0.229 e.